The van der Waals surface area contributed by atoms with Crippen LogP contribution in [-0.2, 0) is 11.2 Å². The van der Waals surface area contributed by atoms with Crippen LogP contribution in [0.1, 0.15) is 47.7 Å². The summed E-state index contributed by atoms with van der Waals surface area (Å²) in [6.45, 7) is 5.89. The number of carbonyl (C=O) groups excluding carboxylic acids is 1. The Morgan fingerprint density at radius 2 is 1.89 bits per heavy atom. The molecule has 0 radical (unpaired) electrons. The third-order valence-electron chi connectivity index (χ3n) is 5.62. The van der Waals surface area contributed by atoms with Crippen molar-refractivity contribution in [3.05, 3.63) is 53.5 Å². The van der Waals surface area contributed by atoms with Gasteiger partial charge >= 0.3 is 5.97 Å². The lowest BCUT2D eigenvalue weighted by molar-refractivity contribution is 0.0599. The van der Waals surface area contributed by atoms with E-state index in [9.17, 15) is 4.79 Å². The summed E-state index contributed by atoms with van der Waals surface area (Å²) in [6.07, 6.45) is 3.03. The van der Waals surface area contributed by atoms with Crippen molar-refractivity contribution in [2.75, 3.05) is 25.1 Å². The number of anilines is 1. The van der Waals surface area contributed by atoms with Gasteiger partial charge in [0.15, 0.2) is 0 Å². The molecule has 0 spiro atoms. The fraction of sp³-hybridized carbons (Fsp3) is 0.409. The summed E-state index contributed by atoms with van der Waals surface area (Å²) < 4.78 is 7.25. The van der Waals surface area contributed by atoms with Crippen molar-refractivity contribution < 1.29 is 9.53 Å². The maximum atomic E-state index is 11.8. The van der Waals surface area contributed by atoms with Gasteiger partial charge < -0.3 is 14.2 Å². The maximum Gasteiger partial charge on any atom is 0.339 e. The van der Waals surface area contributed by atoms with Crippen molar-refractivity contribution >= 4 is 22.8 Å². The molecule has 1 fully saturated rings. The first kappa shape index (κ1) is 18.5. The van der Waals surface area contributed by atoms with Gasteiger partial charge in [0.2, 0.25) is 0 Å². The Kier molecular flexibility index (Phi) is 5.03. The van der Waals surface area contributed by atoms with Crippen LogP contribution in [0.25, 0.3) is 11.0 Å². The SMILES string of the molecule is CCc1nc2ccccc2n1C1CCN(c2ccc(C(=O)OC)c(C)n2)CC1. The molecule has 1 aromatic carbocycles. The first-order valence-corrected chi connectivity index (χ1v) is 9.89. The molecule has 0 atom stereocenters. The maximum absolute atomic E-state index is 11.8. The lowest BCUT2D eigenvalue weighted by atomic mass is 10.0. The van der Waals surface area contributed by atoms with E-state index in [1.54, 1.807) is 0 Å². The van der Waals surface area contributed by atoms with Gasteiger partial charge in [-0.05, 0) is 44.0 Å². The van der Waals surface area contributed by atoms with Gasteiger partial charge in [0.1, 0.15) is 11.6 Å². The van der Waals surface area contributed by atoms with E-state index >= 15 is 0 Å². The first-order chi connectivity index (χ1) is 13.6. The van der Waals surface area contributed by atoms with Crippen LogP contribution in [0.2, 0.25) is 0 Å². The fourth-order valence-electron chi connectivity index (χ4n) is 4.15. The summed E-state index contributed by atoms with van der Waals surface area (Å²) in [4.78, 5) is 23.5. The molecule has 6 heteroatoms. The van der Waals surface area contributed by atoms with E-state index in [1.165, 1.54) is 12.6 Å². The summed E-state index contributed by atoms with van der Waals surface area (Å²) in [7, 11) is 1.39. The summed E-state index contributed by atoms with van der Waals surface area (Å²) in [5, 5.41) is 0. The smallest absolute Gasteiger partial charge is 0.339 e. The summed E-state index contributed by atoms with van der Waals surface area (Å²) >= 11 is 0. The number of carbonyl (C=O) groups is 1. The zero-order chi connectivity index (χ0) is 19.7. The second-order valence-electron chi connectivity index (χ2n) is 7.25. The molecule has 0 bridgehead atoms. The van der Waals surface area contributed by atoms with E-state index in [2.05, 4.69) is 39.6 Å². The van der Waals surface area contributed by atoms with Gasteiger partial charge in [-0.1, -0.05) is 19.1 Å². The molecule has 28 heavy (non-hydrogen) atoms. The van der Waals surface area contributed by atoms with Gasteiger partial charge in [-0.2, -0.15) is 0 Å². The van der Waals surface area contributed by atoms with Crippen molar-refractivity contribution in [3.63, 3.8) is 0 Å². The summed E-state index contributed by atoms with van der Waals surface area (Å²) in [6, 6.07) is 12.6. The molecule has 0 N–H and O–H groups in total. The van der Waals surface area contributed by atoms with Crippen LogP contribution in [0.4, 0.5) is 5.82 Å². The standard InChI is InChI=1S/C22H26N4O2/c1-4-20-24-18-7-5-6-8-19(18)26(20)16-11-13-25(14-12-16)21-10-9-17(15(2)23-21)22(27)28-3/h5-10,16H,4,11-14H2,1-3H3. The Morgan fingerprint density at radius 3 is 2.57 bits per heavy atom. The van der Waals surface area contributed by atoms with Crippen LogP contribution in [0.5, 0.6) is 0 Å². The number of pyridine rings is 1. The molecule has 0 amide bonds. The molecule has 1 aliphatic heterocycles. The molecule has 146 valence electrons. The molecule has 1 saturated heterocycles. The number of rotatable bonds is 4. The second kappa shape index (κ2) is 7.62. The minimum absolute atomic E-state index is 0.339. The minimum atomic E-state index is -0.339. The number of hydrogen-bond acceptors (Lipinski definition) is 5. The third-order valence-corrected chi connectivity index (χ3v) is 5.62. The number of ether oxygens (including phenoxy) is 1. The second-order valence-corrected chi connectivity index (χ2v) is 7.25. The predicted octanol–water partition coefficient (Wildman–Crippen LogP) is 3.93. The zero-order valence-corrected chi connectivity index (χ0v) is 16.7. The Bertz CT molecular complexity index is 1000. The average Bonchev–Trinajstić information content (AvgIpc) is 3.12. The van der Waals surface area contributed by atoms with Gasteiger partial charge in [-0.25, -0.2) is 14.8 Å². The van der Waals surface area contributed by atoms with E-state index in [-0.39, 0.29) is 5.97 Å². The van der Waals surface area contributed by atoms with Crippen molar-refractivity contribution in [1.82, 2.24) is 14.5 Å². The monoisotopic (exact) mass is 378 g/mol. The number of esters is 1. The highest BCUT2D eigenvalue weighted by atomic mass is 16.5. The van der Waals surface area contributed by atoms with Crippen LogP contribution in [0.15, 0.2) is 36.4 Å². The number of aromatic nitrogens is 3. The Labute approximate surface area is 165 Å². The highest BCUT2D eigenvalue weighted by molar-refractivity contribution is 5.90. The molecule has 4 rings (SSSR count). The number of para-hydroxylation sites is 2. The van der Waals surface area contributed by atoms with Crippen LogP contribution < -0.4 is 4.90 Å². The molecule has 6 nitrogen and oxygen atoms in total. The van der Waals surface area contributed by atoms with Gasteiger partial charge in [0, 0.05) is 25.6 Å². The van der Waals surface area contributed by atoms with E-state index in [4.69, 9.17) is 9.72 Å². The molecule has 0 unspecified atom stereocenters. The molecule has 0 aliphatic carbocycles. The topological polar surface area (TPSA) is 60.2 Å². The van der Waals surface area contributed by atoms with Crippen LogP contribution >= 0.6 is 0 Å². The highest BCUT2D eigenvalue weighted by Crippen LogP contribution is 2.30. The Balaban J connectivity index is 1.53. The lowest BCUT2D eigenvalue weighted by Gasteiger charge is -2.34. The average molecular weight is 378 g/mol. The van der Waals surface area contributed by atoms with E-state index in [0.717, 1.165) is 49.5 Å². The fourth-order valence-corrected chi connectivity index (χ4v) is 4.15. The number of aryl methyl sites for hydroxylation is 2. The normalized spacial score (nSPS) is 15.2. The molecular formula is C22H26N4O2. The van der Waals surface area contributed by atoms with Crippen molar-refractivity contribution in [2.45, 2.75) is 39.2 Å². The van der Waals surface area contributed by atoms with Crippen molar-refractivity contribution in [2.24, 2.45) is 0 Å². The quantitative estimate of drug-likeness (QED) is 0.644. The number of fused-ring (bicyclic) bond motifs is 1. The van der Waals surface area contributed by atoms with Crippen LogP contribution in [-0.4, -0.2) is 40.7 Å². The van der Waals surface area contributed by atoms with Crippen LogP contribution in [0.3, 0.4) is 0 Å². The number of methoxy groups -OCH3 is 1. The van der Waals surface area contributed by atoms with Crippen molar-refractivity contribution in [1.29, 1.82) is 0 Å². The van der Waals surface area contributed by atoms with Gasteiger partial charge in [-0.15, -0.1) is 0 Å². The van der Waals surface area contributed by atoms with Gasteiger partial charge in [-0.3, -0.25) is 0 Å². The number of piperidine rings is 1. The minimum Gasteiger partial charge on any atom is -0.465 e. The summed E-state index contributed by atoms with van der Waals surface area (Å²) in [5.74, 6) is 1.75. The highest BCUT2D eigenvalue weighted by Gasteiger charge is 2.25. The molecule has 3 aromatic rings. The van der Waals surface area contributed by atoms with Crippen LogP contribution in [0, 0.1) is 6.92 Å². The largest absolute Gasteiger partial charge is 0.465 e. The van der Waals surface area contributed by atoms with Gasteiger partial charge in [0.25, 0.3) is 0 Å². The van der Waals surface area contributed by atoms with Crippen molar-refractivity contribution in [3.8, 4) is 0 Å². The molecule has 0 saturated carbocycles. The number of nitrogens with zero attached hydrogens (tertiary/aromatic N) is 4. The number of hydrogen-bond donors (Lipinski definition) is 0. The Morgan fingerprint density at radius 1 is 1.14 bits per heavy atom. The molecule has 2 aromatic heterocycles. The van der Waals surface area contributed by atoms with E-state index in [0.29, 0.717) is 17.3 Å². The van der Waals surface area contributed by atoms with E-state index in [1.807, 2.05) is 25.1 Å². The third kappa shape index (κ3) is 3.23. The lowest BCUT2D eigenvalue weighted by Crippen LogP contribution is -2.35. The number of benzene rings is 1. The molecular weight excluding hydrogens is 352 g/mol. The molecule has 1 aliphatic rings. The predicted molar refractivity (Wildman–Crippen MR) is 110 cm³/mol. The van der Waals surface area contributed by atoms with E-state index < -0.39 is 0 Å². The Hall–Kier alpha value is -2.89. The summed E-state index contributed by atoms with van der Waals surface area (Å²) in [5.41, 5.74) is 3.55. The van der Waals surface area contributed by atoms with Gasteiger partial charge in [0.05, 0.1) is 29.4 Å². The number of imidazole rings is 1. The molecule has 3 heterocycles. The first-order valence-electron chi connectivity index (χ1n) is 9.89. The zero-order valence-electron chi connectivity index (χ0n) is 16.7.